The molecule has 3 nitrogen and oxygen atoms in total. The van der Waals surface area contributed by atoms with Gasteiger partial charge in [0, 0.05) is 6.08 Å². The van der Waals surface area contributed by atoms with Crippen LogP contribution in [0.4, 0.5) is 17.6 Å². The van der Waals surface area contributed by atoms with Crippen molar-refractivity contribution >= 4 is 5.97 Å². The van der Waals surface area contributed by atoms with E-state index in [4.69, 9.17) is 0 Å². The van der Waals surface area contributed by atoms with Gasteiger partial charge in [0.1, 0.15) is 6.61 Å². The number of hydrogen-bond donors (Lipinski definition) is 0. The summed E-state index contributed by atoms with van der Waals surface area (Å²) in [6.45, 7) is 0.0396. The molecule has 16 heavy (non-hydrogen) atoms. The quantitative estimate of drug-likeness (QED) is 0.297. The van der Waals surface area contributed by atoms with Crippen LogP contribution < -0.4 is 0 Å². The molecule has 0 N–H and O–H groups in total. The van der Waals surface area contributed by atoms with E-state index in [-0.39, 0.29) is 13.2 Å². The Morgan fingerprint density at radius 1 is 1.44 bits per heavy atom. The largest absolute Gasteiger partial charge is 0.463 e. The first-order chi connectivity index (χ1) is 7.40. The summed E-state index contributed by atoms with van der Waals surface area (Å²) >= 11 is 0. The van der Waals surface area contributed by atoms with Crippen LogP contribution in [0.1, 0.15) is 6.92 Å². The van der Waals surface area contributed by atoms with Crippen LogP contribution in [0, 0.1) is 0 Å². The van der Waals surface area contributed by atoms with Gasteiger partial charge in [-0.25, -0.2) is 13.6 Å². The van der Waals surface area contributed by atoms with Crippen LogP contribution in [0.15, 0.2) is 12.2 Å². The van der Waals surface area contributed by atoms with Crippen molar-refractivity contribution in [1.29, 1.82) is 0 Å². The molecule has 0 unspecified atom stereocenters. The third kappa shape index (κ3) is 6.39. The maximum atomic E-state index is 12.3. The van der Waals surface area contributed by atoms with E-state index in [0.717, 1.165) is 12.2 Å². The standard InChI is InChI=1S/C9H12F4O3/c1-2-16-7(14)4-3-5-15-6-9(12,13)8(10)11/h3-4,8H,2,5-6H2,1H3/b4-3+. The minimum absolute atomic E-state index is 0.188. The molecule has 0 atom stereocenters. The Morgan fingerprint density at radius 2 is 2.06 bits per heavy atom. The third-order valence-corrected chi connectivity index (χ3v) is 1.37. The average molecular weight is 244 g/mol. The molecule has 0 heterocycles. The molecule has 0 radical (unpaired) electrons. The predicted octanol–water partition coefficient (Wildman–Crippen LogP) is 2.02. The van der Waals surface area contributed by atoms with Crippen molar-refractivity contribution in [3.8, 4) is 0 Å². The molecular weight excluding hydrogens is 232 g/mol. The van der Waals surface area contributed by atoms with Gasteiger partial charge in [-0.15, -0.1) is 0 Å². The monoisotopic (exact) mass is 244 g/mol. The van der Waals surface area contributed by atoms with Crippen LogP contribution in [-0.4, -0.2) is 38.1 Å². The molecule has 7 heteroatoms. The summed E-state index contributed by atoms with van der Waals surface area (Å²) in [6, 6.07) is 0. The van der Waals surface area contributed by atoms with Gasteiger partial charge in [0.25, 0.3) is 0 Å². The third-order valence-electron chi connectivity index (χ3n) is 1.37. The second kappa shape index (κ2) is 7.21. The Kier molecular flexibility index (Phi) is 6.71. The molecule has 0 aliphatic carbocycles. The van der Waals surface area contributed by atoms with E-state index in [9.17, 15) is 22.4 Å². The first-order valence-electron chi connectivity index (χ1n) is 4.47. The highest BCUT2D eigenvalue weighted by molar-refractivity contribution is 5.81. The number of carbonyl (C=O) groups excluding carboxylic acids is 1. The fraction of sp³-hybridized carbons (Fsp3) is 0.667. The molecule has 0 aromatic rings. The molecule has 94 valence electrons. The van der Waals surface area contributed by atoms with Gasteiger partial charge in [0.05, 0.1) is 13.2 Å². The summed E-state index contributed by atoms with van der Waals surface area (Å²) in [4.78, 5) is 10.7. The molecule has 0 aromatic heterocycles. The topological polar surface area (TPSA) is 35.5 Å². The number of ether oxygens (including phenoxy) is 2. The highest BCUT2D eigenvalue weighted by Crippen LogP contribution is 2.22. The van der Waals surface area contributed by atoms with E-state index in [1.807, 2.05) is 0 Å². The van der Waals surface area contributed by atoms with E-state index in [2.05, 4.69) is 9.47 Å². The number of esters is 1. The van der Waals surface area contributed by atoms with E-state index in [0.29, 0.717) is 0 Å². The fourth-order valence-electron chi connectivity index (χ4n) is 0.661. The smallest absolute Gasteiger partial charge is 0.330 e. The second-order valence-electron chi connectivity index (χ2n) is 2.73. The molecule has 0 bridgehead atoms. The predicted molar refractivity (Wildman–Crippen MR) is 47.5 cm³/mol. The van der Waals surface area contributed by atoms with E-state index in [1.54, 1.807) is 6.92 Å². The highest BCUT2D eigenvalue weighted by atomic mass is 19.3. The number of halogens is 4. The van der Waals surface area contributed by atoms with E-state index < -0.39 is 24.9 Å². The second-order valence-corrected chi connectivity index (χ2v) is 2.73. The minimum atomic E-state index is -4.17. The van der Waals surface area contributed by atoms with Gasteiger partial charge in [0.15, 0.2) is 0 Å². The minimum Gasteiger partial charge on any atom is -0.463 e. The maximum Gasteiger partial charge on any atom is 0.330 e. The zero-order valence-electron chi connectivity index (χ0n) is 8.59. The summed E-state index contributed by atoms with van der Waals surface area (Å²) in [7, 11) is 0. The van der Waals surface area contributed by atoms with Crippen molar-refractivity contribution in [3.63, 3.8) is 0 Å². The molecule has 0 fully saturated rings. The van der Waals surface area contributed by atoms with Gasteiger partial charge in [-0.2, -0.15) is 8.78 Å². The Balaban J connectivity index is 3.72. The van der Waals surface area contributed by atoms with Gasteiger partial charge < -0.3 is 9.47 Å². The molecule has 0 saturated heterocycles. The number of alkyl halides is 4. The Morgan fingerprint density at radius 3 is 2.56 bits per heavy atom. The zero-order valence-corrected chi connectivity index (χ0v) is 8.59. The molecule has 0 aliphatic heterocycles. The Hall–Kier alpha value is -1.11. The van der Waals surface area contributed by atoms with Crippen LogP contribution in [0.3, 0.4) is 0 Å². The lowest BCUT2D eigenvalue weighted by Gasteiger charge is -2.14. The molecule has 0 spiro atoms. The summed E-state index contributed by atoms with van der Waals surface area (Å²) in [6.07, 6.45) is -1.68. The molecule has 0 rings (SSSR count). The van der Waals surface area contributed by atoms with Crippen molar-refractivity contribution in [2.24, 2.45) is 0 Å². The molecule has 0 aromatic carbocycles. The van der Waals surface area contributed by atoms with Gasteiger partial charge >= 0.3 is 18.3 Å². The van der Waals surface area contributed by atoms with Crippen LogP contribution in [0.5, 0.6) is 0 Å². The van der Waals surface area contributed by atoms with Gasteiger partial charge in [0.2, 0.25) is 0 Å². The Bertz CT molecular complexity index is 241. The number of hydrogen-bond acceptors (Lipinski definition) is 3. The van der Waals surface area contributed by atoms with E-state index in [1.165, 1.54) is 0 Å². The molecular formula is C9H12F4O3. The normalized spacial score (nSPS) is 12.4. The van der Waals surface area contributed by atoms with Crippen molar-refractivity contribution in [2.75, 3.05) is 19.8 Å². The zero-order chi connectivity index (χ0) is 12.6. The van der Waals surface area contributed by atoms with Gasteiger partial charge in [-0.05, 0) is 6.92 Å². The first-order valence-corrected chi connectivity index (χ1v) is 4.47. The van der Waals surface area contributed by atoms with E-state index >= 15 is 0 Å². The van der Waals surface area contributed by atoms with Crippen molar-refractivity contribution in [3.05, 3.63) is 12.2 Å². The first kappa shape index (κ1) is 14.9. The number of carbonyl (C=O) groups is 1. The summed E-state index contributed by atoms with van der Waals surface area (Å²) in [5.41, 5.74) is 0. The van der Waals surface area contributed by atoms with Crippen molar-refractivity contribution < 1.29 is 31.8 Å². The highest BCUT2D eigenvalue weighted by Gasteiger charge is 2.40. The lowest BCUT2D eigenvalue weighted by atomic mass is 10.4. The average Bonchev–Trinajstić information content (AvgIpc) is 2.17. The molecule has 0 saturated carbocycles. The Labute approximate surface area is 90.0 Å². The molecule has 0 amide bonds. The maximum absolute atomic E-state index is 12.3. The van der Waals surface area contributed by atoms with Crippen LogP contribution in [-0.2, 0) is 14.3 Å². The lowest BCUT2D eigenvalue weighted by molar-refractivity contribution is -0.163. The fourth-order valence-corrected chi connectivity index (χ4v) is 0.661. The summed E-state index contributed by atoms with van der Waals surface area (Å²) in [5, 5.41) is 0. The van der Waals surface area contributed by atoms with Crippen LogP contribution in [0.25, 0.3) is 0 Å². The van der Waals surface area contributed by atoms with Crippen LogP contribution >= 0.6 is 0 Å². The SMILES string of the molecule is CCOC(=O)/C=C/COCC(F)(F)C(F)F. The van der Waals surface area contributed by atoms with Crippen molar-refractivity contribution in [1.82, 2.24) is 0 Å². The van der Waals surface area contributed by atoms with Crippen molar-refractivity contribution in [2.45, 2.75) is 19.3 Å². The van der Waals surface area contributed by atoms with Gasteiger partial charge in [-0.1, -0.05) is 6.08 Å². The lowest BCUT2D eigenvalue weighted by Crippen LogP contribution is -2.32. The molecule has 0 aliphatic rings. The summed E-state index contributed by atoms with van der Waals surface area (Å²) in [5.74, 6) is -4.82. The summed E-state index contributed by atoms with van der Waals surface area (Å²) < 4.78 is 56.5. The number of rotatable bonds is 7. The van der Waals surface area contributed by atoms with Gasteiger partial charge in [-0.3, -0.25) is 0 Å². The van der Waals surface area contributed by atoms with Crippen LogP contribution in [0.2, 0.25) is 0 Å².